The fourth-order valence-corrected chi connectivity index (χ4v) is 3.77. The Balaban J connectivity index is 1.72. The number of nitrogens with two attached hydrogens (primary N) is 1. The first kappa shape index (κ1) is 18.6. The quantitative estimate of drug-likeness (QED) is 0.228. The predicted molar refractivity (Wildman–Crippen MR) is 111 cm³/mol. The molecule has 5 rings (SSSR count). The Hall–Kier alpha value is -4.46. The summed E-state index contributed by atoms with van der Waals surface area (Å²) in [6, 6.07) is 14.0. The van der Waals surface area contributed by atoms with E-state index in [4.69, 9.17) is 15.2 Å². The zero-order chi connectivity index (χ0) is 21.9. The molecule has 0 amide bonds. The monoisotopic (exact) mass is 414 g/mol. The number of aryl methyl sites for hydroxylation is 1. The fraction of sp³-hybridized carbons (Fsp3) is 0.0435. The van der Waals surface area contributed by atoms with Crippen LogP contribution in [0.5, 0.6) is 11.5 Å². The normalized spacial score (nSPS) is 14.2. The number of carbonyl (C=O) groups is 2. The van der Waals surface area contributed by atoms with Crippen LogP contribution in [0.15, 0.2) is 54.6 Å². The van der Waals surface area contributed by atoms with Crippen molar-refractivity contribution in [1.82, 2.24) is 0 Å². The van der Waals surface area contributed by atoms with Gasteiger partial charge in [-0.1, -0.05) is 6.07 Å². The summed E-state index contributed by atoms with van der Waals surface area (Å²) in [6.45, 7) is 1.84. The Bertz CT molecular complexity index is 1450. The Morgan fingerprint density at radius 1 is 0.806 bits per heavy atom. The van der Waals surface area contributed by atoms with Crippen molar-refractivity contribution >= 4 is 34.5 Å². The standard InChI is InChI=1S/C23H14N2O6/c1-11-8-13(4-7-17(11)24)21-16-10-18-15(9-19(16)31-23(21)27)20(22(26)30-18)12-2-5-14(6-3-12)25(28)29/h2-10H,24H2,1H3. The summed E-state index contributed by atoms with van der Waals surface area (Å²) < 4.78 is 10.9. The van der Waals surface area contributed by atoms with Crippen LogP contribution in [0.4, 0.5) is 11.4 Å². The predicted octanol–water partition coefficient (Wildman–Crippen LogP) is 1.72. The van der Waals surface area contributed by atoms with Crippen molar-refractivity contribution in [2.75, 3.05) is 5.73 Å². The summed E-state index contributed by atoms with van der Waals surface area (Å²) >= 11 is 0. The first-order valence-corrected chi connectivity index (χ1v) is 9.32. The second-order valence-corrected chi connectivity index (χ2v) is 7.25. The third kappa shape index (κ3) is 2.84. The van der Waals surface area contributed by atoms with Gasteiger partial charge in [0.1, 0.15) is 11.5 Å². The summed E-state index contributed by atoms with van der Waals surface area (Å²) in [4.78, 5) is 35.5. The van der Waals surface area contributed by atoms with Crippen LogP contribution in [0, 0.1) is 17.0 Å². The number of nitro groups is 1. The smallest absolute Gasteiger partial charge is 0.344 e. The number of rotatable bonds is 3. The maximum atomic E-state index is 12.6. The van der Waals surface area contributed by atoms with E-state index in [1.807, 2.05) is 6.92 Å². The maximum Gasteiger partial charge on any atom is 0.344 e. The van der Waals surface area contributed by atoms with Gasteiger partial charge < -0.3 is 15.2 Å². The second kappa shape index (κ2) is 6.53. The lowest BCUT2D eigenvalue weighted by molar-refractivity contribution is -0.384. The van der Waals surface area contributed by atoms with Gasteiger partial charge in [0.2, 0.25) is 0 Å². The molecule has 3 aromatic rings. The van der Waals surface area contributed by atoms with Gasteiger partial charge in [-0.15, -0.1) is 0 Å². The Morgan fingerprint density at radius 3 is 1.84 bits per heavy atom. The van der Waals surface area contributed by atoms with Gasteiger partial charge >= 0.3 is 11.9 Å². The van der Waals surface area contributed by atoms with Gasteiger partial charge in [0.25, 0.3) is 5.69 Å². The number of carbonyl (C=O) groups excluding carboxylic acids is 2. The van der Waals surface area contributed by atoms with E-state index >= 15 is 0 Å². The number of benzene rings is 3. The first-order valence-electron chi connectivity index (χ1n) is 9.32. The Kier molecular flexibility index (Phi) is 3.91. The van der Waals surface area contributed by atoms with E-state index in [0.717, 1.165) is 5.56 Å². The molecule has 0 aromatic heterocycles. The summed E-state index contributed by atoms with van der Waals surface area (Å²) in [6.07, 6.45) is 0. The van der Waals surface area contributed by atoms with Gasteiger partial charge in [0.05, 0.1) is 16.1 Å². The number of hydrogen-bond donors (Lipinski definition) is 1. The van der Waals surface area contributed by atoms with Gasteiger partial charge in [0.15, 0.2) is 0 Å². The summed E-state index contributed by atoms with van der Waals surface area (Å²) in [7, 11) is 0. The van der Waals surface area contributed by atoms with E-state index in [1.54, 1.807) is 30.3 Å². The molecule has 0 saturated heterocycles. The SMILES string of the molecule is Cc1cc(C2=c3cc4c(cc3OC2=O)=C(c2ccc([N+](=O)[O-])cc2)C(=O)O4)ccc1N. The molecule has 0 aliphatic carbocycles. The highest BCUT2D eigenvalue weighted by molar-refractivity contribution is 6.21. The Labute approximate surface area is 175 Å². The number of nitro benzene ring substituents is 1. The van der Waals surface area contributed by atoms with E-state index in [2.05, 4.69) is 0 Å². The van der Waals surface area contributed by atoms with Crippen LogP contribution in [0.1, 0.15) is 16.7 Å². The fourth-order valence-electron chi connectivity index (χ4n) is 3.77. The molecule has 152 valence electrons. The largest absolute Gasteiger partial charge is 0.422 e. The number of non-ortho nitro benzene ring substituents is 1. The van der Waals surface area contributed by atoms with Crippen LogP contribution < -0.4 is 25.6 Å². The molecule has 0 atom stereocenters. The molecule has 2 aliphatic heterocycles. The second-order valence-electron chi connectivity index (χ2n) is 7.25. The molecule has 8 heteroatoms. The molecule has 31 heavy (non-hydrogen) atoms. The van der Waals surface area contributed by atoms with Crippen molar-refractivity contribution in [2.24, 2.45) is 0 Å². The summed E-state index contributed by atoms with van der Waals surface area (Å²) in [5.74, 6) is -0.485. The third-order valence-corrected chi connectivity index (χ3v) is 5.36. The number of esters is 2. The zero-order valence-electron chi connectivity index (χ0n) is 16.2. The van der Waals surface area contributed by atoms with Gasteiger partial charge in [-0.2, -0.15) is 0 Å². The number of nitrogens with zero attached hydrogens (tertiary/aromatic N) is 1. The molecular weight excluding hydrogens is 400 g/mol. The van der Waals surface area contributed by atoms with E-state index in [-0.39, 0.29) is 11.3 Å². The summed E-state index contributed by atoms with van der Waals surface area (Å²) in [5, 5.41) is 11.9. The third-order valence-electron chi connectivity index (χ3n) is 5.36. The molecule has 8 nitrogen and oxygen atoms in total. The zero-order valence-corrected chi connectivity index (χ0v) is 16.2. The van der Waals surface area contributed by atoms with Crippen molar-refractivity contribution < 1.29 is 24.0 Å². The minimum Gasteiger partial charge on any atom is -0.422 e. The molecule has 2 aliphatic rings. The van der Waals surface area contributed by atoms with Crippen LogP contribution in [-0.4, -0.2) is 16.9 Å². The molecular formula is C23H14N2O6. The van der Waals surface area contributed by atoms with Crippen LogP contribution in [0.3, 0.4) is 0 Å². The highest BCUT2D eigenvalue weighted by Crippen LogP contribution is 2.28. The topological polar surface area (TPSA) is 122 Å². The van der Waals surface area contributed by atoms with Crippen molar-refractivity contribution in [3.8, 4) is 11.5 Å². The van der Waals surface area contributed by atoms with Gasteiger partial charge in [-0.3, -0.25) is 10.1 Å². The van der Waals surface area contributed by atoms with Gasteiger partial charge in [-0.25, -0.2) is 9.59 Å². The van der Waals surface area contributed by atoms with Crippen molar-refractivity contribution in [3.05, 3.63) is 91.8 Å². The van der Waals surface area contributed by atoms with Crippen molar-refractivity contribution in [1.29, 1.82) is 0 Å². The molecule has 0 fully saturated rings. The van der Waals surface area contributed by atoms with Gasteiger partial charge in [-0.05, 0) is 60.0 Å². The Morgan fingerprint density at radius 2 is 1.32 bits per heavy atom. The molecule has 0 radical (unpaired) electrons. The average Bonchev–Trinajstić information content (AvgIpc) is 3.22. The number of ether oxygens (including phenoxy) is 2. The first-order chi connectivity index (χ1) is 14.8. The van der Waals surface area contributed by atoms with E-state index < -0.39 is 16.9 Å². The van der Waals surface area contributed by atoms with E-state index in [1.165, 1.54) is 24.3 Å². The number of anilines is 1. The van der Waals surface area contributed by atoms with Crippen molar-refractivity contribution in [3.63, 3.8) is 0 Å². The highest BCUT2D eigenvalue weighted by Gasteiger charge is 2.30. The van der Waals surface area contributed by atoms with Gasteiger partial charge in [0, 0.05) is 28.3 Å². The number of nitrogen functional groups attached to an aromatic ring is 1. The minimum absolute atomic E-state index is 0.0862. The lowest BCUT2D eigenvalue weighted by atomic mass is 10.00. The lowest BCUT2D eigenvalue weighted by Crippen LogP contribution is -2.11. The molecule has 0 saturated carbocycles. The molecule has 3 aromatic carbocycles. The van der Waals surface area contributed by atoms with Crippen LogP contribution in [0.25, 0.3) is 11.1 Å². The van der Waals surface area contributed by atoms with Crippen LogP contribution >= 0.6 is 0 Å². The summed E-state index contributed by atoms with van der Waals surface area (Å²) in [5.41, 5.74) is 8.97. The molecule has 0 unspecified atom stereocenters. The number of fused-ring (bicyclic) bond motifs is 2. The van der Waals surface area contributed by atoms with Crippen LogP contribution in [-0.2, 0) is 9.59 Å². The van der Waals surface area contributed by atoms with Crippen molar-refractivity contribution in [2.45, 2.75) is 6.92 Å². The average molecular weight is 414 g/mol. The maximum absolute atomic E-state index is 12.6. The van der Waals surface area contributed by atoms with Crippen LogP contribution in [0.2, 0.25) is 0 Å². The lowest BCUT2D eigenvalue weighted by Gasteiger charge is -2.04. The number of hydrogen-bond acceptors (Lipinski definition) is 7. The molecule has 2 heterocycles. The highest BCUT2D eigenvalue weighted by atomic mass is 16.6. The minimum atomic E-state index is -0.580. The molecule has 0 spiro atoms. The molecule has 2 N–H and O–H groups in total. The van der Waals surface area contributed by atoms with E-state index in [9.17, 15) is 19.7 Å². The van der Waals surface area contributed by atoms with E-state index in [0.29, 0.717) is 44.3 Å². The molecule has 0 bridgehead atoms.